The van der Waals surface area contributed by atoms with Gasteiger partial charge >= 0.3 is 6.18 Å². The summed E-state index contributed by atoms with van der Waals surface area (Å²) in [5.74, 6) is 0. The molecular weight excluding hydrogens is 363 g/mol. The summed E-state index contributed by atoms with van der Waals surface area (Å²) < 4.78 is 67.0. The number of alkyl halides is 3. The summed E-state index contributed by atoms with van der Waals surface area (Å²) in [6.45, 7) is 1.03. The highest BCUT2D eigenvalue weighted by molar-refractivity contribution is 7.86. The van der Waals surface area contributed by atoms with E-state index in [9.17, 15) is 26.7 Å². The molecule has 1 aromatic heterocycles. The second-order valence-corrected chi connectivity index (χ2v) is 7.14. The number of hydrogen-bond donors (Lipinski definition) is 1. The van der Waals surface area contributed by atoms with E-state index >= 15 is 0 Å². The number of aromatic nitrogens is 3. The van der Waals surface area contributed by atoms with Gasteiger partial charge in [0.2, 0.25) is 0 Å². The Morgan fingerprint density at radius 1 is 1.24 bits per heavy atom. The predicted octanol–water partition coefficient (Wildman–Crippen LogP) is 1.55. The van der Waals surface area contributed by atoms with Gasteiger partial charge in [-0.05, 0) is 24.6 Å². The third-order valence-electron chi connectivity index (χ3n) is 3.57. The molecule has 1 aromatic carbocycles. The molecule has 138 valence electrons. The molecule has 0 aliphatic heterocycles. The van der Waals surface area contributed by atoms with Crippen molar-refractivity contribution in [2.45, 2.75) is 31.3 Å². The van der Waals surface area contributed by atoms with E-state index in [1.165, 1.54) is 24.3 Å². The standard InChI is InChI=1S/C14H16F3N3O4S/c1-10(24-25(2,22)23)13(21,7-20-9-18-8-19-20)11-3-5-12(6-4-11)14(15,16)17/h3-6,8-10,21H,7H2,1-2H3/t10-,13-/m1/s1. The van der Waals surface area contributed by atoms with Gasteiger partial charge in [-0.15, -0.1) is 0 Å². The van der Waals surface area contributed by atoms with Gasteiger partial charge < -0.3 is 5.11 Å². The van der Waals surface area contributed by atoms with E-state index in [-0.39, 0.29) is 12.1 Å². The minimum Gasteiger partial charge on any atom is -0.380 e. The summed E-state index contributed by atoms with van der Waals surface area (Å²) in [7, 11) is -3.91. The Hall–Kier alpha value is -1.98. The van der Waals surface area contributed by atoms with Gasteiger partial charge in [0.05, 0.1) is 18.4 Å². The van der Waals surface area contributed by atoms with E-state index < -0.39 is 33.6 Å². The molecule has 0 unspecified atom stereocenters. The fourth-order valence-corrected chi connectivity index (χ4v) is 2.99. The smallest absolute Gasteiger partial charge is 0.380 e. The Morgan fingerprint density at radius 3 is 2.24 bits per heavy atom. The lowest BCUT2D eigenvalue weighted by Gasteiger charge is -2.33. The summed E-state index contributed by atoms with van der Waals surface area (Å²) >= 11 is 0. The molecule has 2 aromatic rings. The Balaban J connectivity index is 2.43. The molecule has 0 spiro atoms. The highest BCUT2D eigenvalue weighted by atomic mass is 32.2. The molecule has 0 bridgehead atoms. The van der Waals surface area contributed by atoms with Gasteiger partial charge in [-0.2, -0.15) is 26.7 Å². The lowest BCUT2D eigenvalue weighted by atomic mass is 9.88. The molecular formula is C14H16F3N3O4S. The monoisotopic (exact) mass is 379 g/mol. The van der Waals surface area contributed by atoms with Crippen molar-refractivity contribution >= 4 is 10.1 Å². The predicted molar refractivity (Wildman–Crippen MR) is 80.8 cm³/mol. The maximum atomic E-state index is 12.7. The van der Waals surface area contributed by atoms with Gasteiger partial charge in [-0.1, -0.05) is 12.1 Å². The van der Waals surface area contributed by atoms with Crippen molar-refractivity contribution in [1.29, 1.82) is 0 Å². The molecule has 1 heterocycles. The zero-order chi connectivity index (χ0) is 18.9. The second-order valence-electron chi connectivity index (χ2n) is 5.54. The Kier molecular flexibility index (Phi) is 5.21. The van der Waals surface area contributed by atoms with Crippen LogP contribution < -0.4 is 0 Å². The van der Waals surface area contributed by atoms with E-state index in [1.807, 2.05) is 0 Å². The molecule has 2 rings (SSSR count). The minimum absolute atomic E-state index is 0.0483. The molecule has 0 saturated carbocycles. The van der Waals surface area contributed by atoms with Crippen molar-refractivity contribution in [1.82, 2.24) is 14.8 Å². The summed E-state index contributed by atoms with van der Waals surface area (Å²) in [6.07, 6.45) is -2.52. The van der Waals surface area contributed by atoms with Crippen LogP contribution in [0.25, 0.3) is 0 Å². The van der Waals surface area contributed by atoms with Crippen LogP contribution in [0.15, 0.2) is 36.9 Å². The fraction of sp³-hybridized carbons (Fsp3) is 0.429. The number of benzene rings is 1. The van der Waals surface area contributed by atoms with Crippen LogP contribution in [0, 0.1) is 0 Å². The second kappa shape index (κ2) is 6.73. The molecule has 0 aliphatic rings. The van der Waals surface area contributed by atoms with E-state index in [1.54, 1.807) is 0 Å². The first kappa shape index (κ1) is 19.3. The summed E-state index contributed by atoms with van der Waals surface area (Å²) in [5.41, 5.74) is -2.80. The van der Waals surface area contributed by atoms with Crippen LogP contribution in [0.5, 0.6) is 0 Å². The normalized spacial score (nSPS) is 16.4. The van der Waals surface area contributed by atoms with Crippen molar-refractivity contribution in [3.8, 4) is 0 Å². The van der Waals surface area contributed by atoms with E-state index in [0.717, 1.165) is 30.5 Å². The maximum Gasteiger partial charge on any atom is 0.416 e. The number of nitrogens with zero attached hydrogens (tertiary/aromatic N) is 3. The Morgan fingerprint density at radius 2 is 1.80 bits per heavy atom. The van der Waals surface area contributed by atoms with E-state index in [0.29, 0.717) is 0 Å². The van der Waals surface area contributed by atoms with E-state index in [4.69, 9.17) is 4.18 Å². The lowest BCUT2D eigenvalue weighted by molar-refractivity contribution is -0.137. The largest absolute Gasteiger partial charge is 0.416 e. The minimum atomic E-state index is -4.53. The molecule has 25 heavy (non-hydrogen) atoms. The van der Waals surface area contributed by atoms with Gasteiger partial charge in [0.1, 0.15) is 24.4 Å². The van der Waals surface area contributed by atoms with Gasteiger partial charge in [-0.3, -0.25) is 4.18 Å². The Labute approximate surface area is 142 Å². The first-order valence-electron chi connectivity index (χ1n) is 7.02. The van der Waals surface area contributed by atoms with Crippen LogP contribution in [0.2, 0.25) is 0 Å². The van der Waals surface area contributed by atoms with Crippen LogP contribution in [-0.4, -0.2) is 40.6 Å². The van der Waals surface area contributed by atoms with E-state index in [2.05, 4.69) is 10.1 Å². The third kappa shape index (κ3) is 4.77. The van der Waals surface area contributed by atoms with Crippen molar-refractivity contribution in [2.24, 2.45) is 0 Å². The van der Waals surface area contributed by atoms with Crippen molar-refractivity contribution in [2.75, 3.05) is 6.26 Å². The summed E-state index contributed by atoms with van der Waals surface area (Å²) in [6, 6.07) is 3.74. The molecule has 0 aliphatic carbocycles. The number of halogens is 3. The fourth-order valence-electron chi connectivity index (χ4n) is 2.31. The summed E-state index contributed by atoms with van der Waals surface area (Å²) in [5, 5.41) is 14.8. The van der Waals surface area contributed by atoms with Crippen LogP contribution >= 0.6 is 0 Å². The summed E-state index contributed by atoms with van der Waals surface area (Å²) in [4.78, 5) is 3.71. The maximum absolute atomic E-state index is 12.7. The zero-order valence-electron chi connectivity index (χ0n) is 13.3. The van der Waals surface area contributed by atoms with Crippen molar-refractivity contribution in [3.05, 3.63) is 48.0 Å². The topological polar surface area (TPSA) is 94.3 Å². The zero-order valence-corrected chi connectivity index (χ0v) is 14.1. The van der Waals surface area contributed by atoms with Crippen LogP contribution in [0.3, 0.4) is 0 Å². The molecule has 0 radical (unpaired) electrons. The molecule has 1 N–H and O–H groups in total. The van der Waals surface area contributed by atoms with Gasteiger partial charge in [0, 0.05) is 0 Å². The highest BCUT2D eigenvalue weighted by Crippen LogP contribution is 2.34. The first-order valence-corrected chi connectivity index (χ1v) is 8.84. The lowest BCUT2D eigenvalue weighted by Crippen LogP contribution is -2.44. The quantitative estimate of drug-likeness (QED) is 0.766. The molecule has 7 nitrogen and oxygen atoms in total. The number of aliphatic hydroxyl groups is 1. The molecule has 0 saturated heterocycles. The number of rotatable bonds is 6. The van der Waals surface area contributed by atoms with Crippen molar-refractivity contribution in [3.63, 3.8) is 0 Å². The number of hydrogen-bond acceptors (Lipinski definition) is 6. The van der Waals surface area contributed by atoms with Crippen molar-refractivity contribution < 1.29 is 30.9 Å². The van der Waals surface area contributed by atoms with Gasteiger partial charge in [0.15, 0.2) is 0 Å². The third-order valence-corrected chi connectivity index (χ3v) is 4.21. The molecule has 0 fully saturated rings. The van der Waals surface area contributed by atoms with Crippen LogP contribution in [0.4, 0.5) is 13.2 Å². The SMILES string of the molecule is C[C@@H](OS(C)(=O)=O)[C@](O)(Cn1cncn1)c1ccc(C(F)(F)F)cc1. The van der Waals surface area contributed by atoms with Gasteiger partial charge in [-0.25, -0.2) is 9.67 Å². The Bertz CT molecular complexity index is 807. The van der Waals surface area contributed by atoms with Gasteiger partial charge in [0.25, 0.3) is 10.1 Å². The molecule has 0 amide bonds. The molecule has 2 atom stereocenters. The van der Waals surface area contributed by atoms with Crippen LogP contribution in [-0.2, 0) is 32.6 Å². The first-order chi connectivity index (χ1) is 11.4. The average Bonchev–Trinajstić information content (AvgIpc) is 2.97. The average molecular weight is 379 g/mol. The highest BCUT2D eigenvalue weighted by Gasteiger charge is 2.40. The van der Waals surface area contributed by atoms with Crippen LogP contribution in [0.1, 0.15) is 18.1 Å². The molecule has 11 heteroatoms.